The van der Waals surface area contributed by atoms with Crippen LogP contribution in [-0.2, 0) is 7.05 Å². The van der Waals surface area contributed by atoms with E-state index < -0.39 is 5.91 Å². The van der Waals surface area contributed by atoms with E-state index >= 15 is 0 Å². The number of primary amides is 1. The molecule has 2 aromatic heterocycles. The van der Waals surface area contributed by atoms with Gasteiger partial charge in [0.1, 0.15) is 17.0 Å². The van der Waals surface area contributed by atoms with Gasteiger partial charge in [-0.1, -0.05) is 6.07 Å². The largest absolute Gasteiger partial charge is 0.497 e. The fraction of sp³-hybridized carbons (Fsp3) is 0.143. The molecule has 0 saturated heterocycles. The minimum atomic E-state index is -0.754. The van der Waals surface area contributed by atoms with Crippen molar-refractivity contribution in [3.63, 3.8) is 0 Å². The SMILES string of the molecule is COc1ccc(-c2nc(C(N)=O)c3c(n2)n(-c2cccc(OC)c2)c(=O)n3C)cc1. The average Bonchev–Trinajstić information content (AvgIpc) is 3.03. The number of amides is 1. The molecule has 30 heavy (non-hydrogen) atoms. The fourth-order valence-electron chi connectivity index (χ4n) is 3.27. The number of carbonyl (C=O) groups excluding carboxylic acids is 1. The van der Waals surface area contributed by atoms with Gasteiger partial charge in [-0.2, -0.15) is 0 Å². The van der Waals surface area contributed by atoms with Crippen molar-refractivity contribution in [2.24, 2.45) is 12.8 Å². The van der Waals surface area contributed by atoms with Crippen LogP contribution in [0.1, 0.15) is 10.5 Å². The van der Waals surface area contributed by atoms with Crippen molar-refractivity contribution >= 4 is 17.1 Å². The summed E-state index contributed by atoms with van der Waals surface area (Å²) in [7, 11) is 4.66. The van der Waals surface area contributed by atoms with Gasteiger partial charge in [-0.05, 0) is 36.4 Å². The Morgan fingerprint density at radius 1 is 1.00 bits per heavy atom. The Kier molecular flexibility index (Phi) is 4.71. The molecule has 4 rings (SSSR count). The number of ether oxygens (including phenoxy) is 2. The van der Waals surface area contributed by atoms with Crippen molar-refractivity contribution < 1.29 is 14.3 Å². The van der Waals surface area contributed by atoms with E-state index in [4.69, 9.17) is 15.2 Å². The van der Waals surface area contributed by atoms with E-state index in [9.17, 15) is 9.59 Å². The lowest BCUT2D eigenvalue weighted by atomic mass is 10.2. The number of rotatable bonds is 5. The van der Waals surface area contributed by atoms with E-state index in [-0.39, 0.29) is 28.4 Å². The molecule has 0 fully saturated rings. The number of nitrogens with zero attached hydrogens (tertiary/aromatic N) is 4. The molecular formula is C21H19N5O4. The first-order valence-corrected chi connectivity index (χ1v) is 9.02. The molecule has 0 bridgehead atoms. The smallest absolute Gasteiger partial charge is 0.334 e. The number of methoxy groups -OCH3 is 2. The van der Waals surface area contributed by atoms with Crippen molar-refractivity contribution in [3.8, 4) is 28.6 Å². The second kappa shape index (κ2) is 7.36. The maximum Gasteiger partial charge on any atom is 0.334 e. The van der Waals surface area contributed by atoms with Gasteiger partial charge in [-0.25, -0.2) is 19.3 Å². The van der Waals surface area contributed by atoms with Crippen LogP contribution < -0.4 is 20.9 Å². The molecule has 0 atom stereocenters. The van der Waals surface area contributed by atoms with Crippen molar-refractivity contribution in [3.05, 3.63) is 64.7 Å². The molecule has 9 heteroatoms. The van der Waals surface area contributed by atoms with Crippen LogP contribution in [0.25, 0.3) is 28.2 Å². The lowest BCUT2D eigenvalue weighted by Crippen LogP contribution is -2.21. The molecule has 0 radical (unpaired) electrons. The molecule has 0 unspecified atom stereocenters. The standard InChI is InChI=1S/C21H19N5O4/c1-25-17-16(18(22)27)23-19(12-7-9-14(29-2)10-8-12)24-20(17)26(21(25)28)13-5-4-6-15(11-13)30-3/h4-11H,1-3H3,(H2,22,27). The fourth-order valence-corrected chi connectivity index (χ4v) is 3.27. The number of benzene rings is 2. The minimum absolute atomic E-state index is 0.0351. The van der Waals surface area contributed by atoms with E-state index in [0.717, 1.165) is 0 Å². The molecule has 2 heterocycles. The zero-order chi connectivity index (χ0) is 21.4. The van der Waals surface area contributed by atoms with E-state index in [1.165, 1.54) is 9.13 Å². The quantitative estimate of drug-likeness (QED) is 0.542. The van der Waals surface area contributed by atoms with Crippen LogP contribution in [0.3, 0.4) is 0 Å². The number of hydrogen-bond acceptors (Lipinski definition) is 6. The third kappa shape index (κ3) is 3.06. The van der Waals surface area contributed by atoms with E-state index in [2.05, 4.69) is 9.97 Å². The van der Waals surface area contributed by atoms with Crippen molar-refractivity contribution in [2.75, 3.05) is 14.2 Å². The summed E-state index contributed by atoms with van der Waals surface area (Å²) in [5.41, 5.74) is 6.88. The monoisotopic (exact) mass is 405 g/mol. The van der Waals surface area contributed by atoms with Crippen LogP contribution in [0.2, 0.25) is 0 Å². The zero-order valence-corrected chi connectivity index (χ0v) is 16.6. The average molecular weight is 405 g/mol. The number of fused-ring (bicyclic) bond motifs is 1. The maximum absolute atomic E-state index is 13.0. The summed E-state index contributed by atoms with van der Waals surface area (Å²) in [6.45, 7) is 0. The number of aryl methyl sites for hydroxylation is 1. The summed E-state index contributed by atoms with van der Waals surface area (Å²) in [6, 6.07) is 14.0. The minimum Gasteiger partial charge on any atom is -0.497 e. The van der Waals surface area contributed by atoms with Gasteiger partial charge in [0.15, 0.2) is 17.2 Å². The third-order valence-electron chi connectivity index (χ3n) is 4.78. The predicted octanol–water partition coefficient (Wildman–Crippen LogP) is 1.90. The Bertz CT molecular complexity index is 1320. The first-order chi connectivity index (χ1) is 14.4. The van der Waals surface area contributed by atoms with E-state index in [1.54, 1.807) is 69.8 Å². The summed E-state index contributed by atoms with van der Waals surface area (Å²) >= 11 is 0. The normalized spacial score (nSPS) is 10.9. The van der Waals surface area contributed by atoms with Crippen LogP contribution in [0.15, 0.2) is 53.3 Å². The van der Waals surface area contributed by atoms with E-state index in [1.807, 2.05) is 0 Å². The van der Waals surface area contributed by atoms with Crippen molar-refractivity contribution in [1.29, 1.82) is 0 Å². The lowest BCUT2D eigenvalue weighted by molar-refractivity contribution is 0.0997. The van der Waals surface area contributed by atoms with Gasteiger partial charge in [0.25, 0.3) is 5.91 Å². The first kappa shape index (κ1) is 19.2. The predicted molar refractivity (Wildman–Crippen MR) is 111 cm³/mol. The number of carbonyl (C=O) groups is 1. The zero-order valence-electron chi connectivity index (χ0n) is 16.6. The Labute approximate surface area is 171 Å². The highest BCUT2D eigenvalue weighted by Crippen LogP contribution is 2.25. The molecule has 2 aromatic carbocycles. The Morgan fingerprint density at radius 3 is 2.33 bits per heavy atom. The Hall–Kier alpha value is -4.14. The van der Waals surface area contributed by atoms with Crippen LogP contribution in [0, 0.1) is 0 Å². The Morgan fingerprint density at radius 2 is 1.70 bits per heavy atom. The molecule has 0 aliphatic carbocycles. The number of imidazole rings is 1. The van der Waals surface area contributed by atoms with Crippen LogP contribution in [0.4, 0.5) is 0 Å². The summed E-state index contributed by atoms with van der Waals surface area (Å²) in [5, 5.41) is 0. The second-order valence-corrected chi connectivity index (χ2v) is 6.54. The summed E-state index contributed by atoms with van der Waals surface area (Å²) in [4.78, 5) is 34.2. The van der Waals surface area contributed by atoms with Crippen LogP contribution >= 0.6 is 0 Å². The highest BCUT2D eigenvalue weighted by molar-refractivity contribution is 6.02. The molecule has 152 valence electrons. The second-order valence-electron chi connectivity index (χ2n) is 6.54. The molecule has 0 saturated carbocycles. The topological polar surface area (TPSA) is 114 Å². The summed E-state index contributed by atoms with van der Waals surface area (Å²) in [6.07, 6.45) is 0. The molecule has 2 N–H and O–H groups in total. The maximum atomic E-state index is 13.0. The molecule has 0 spiro atoms. The van der Waals surface area contributed by atoms with Crippen LogP contribution in [0.5, 0.6) is 11.5 Å². The van der Waals surface area contributed by atoms with Gasteiger partial charge >= 0.3 is 5.69 Å². The summed E-state index contributed by atoms with van der Waals surface area (Å²) < 4.78 is 13.2. The molecule has 4 aromatic rings. The molecular weight excluding hydrogens is 386 g/mol. The molecule has 1 amide bonds. The van der Waals surface area contributed by atoms with Gasteiger partial charge in [0.2, 0.25) is 0 Å². The summed E-state index contributed by atoms with van der Waals surface area (Å²) in [5.74, 6) is 0.760. The number of hydrogen-bond donors (Lipinski definition) is 1. The third-order valence-corrected chi connectivity index (χ3v) is 4.78. The molecule has 0 aliphatic heterocycles. The Balaban J connectivity index is 2.05. The first-order valence-electron chi connectivity index (χ1n) is 9.02. The lowest BCUT2D eigenvalue weighted by Gasteiger charge is -2.08. The highest BCUT2D eigenvalue weighted by Gasteiger charge is 2.23. The van der Waals surface area contributed by atoms with Gasteiger partial charge in [0, 0.05) is 18.7 Å². The molecule has 0 aliphatic rings. The number of nitrogens with two attached hydrogens (primary N) is 1. The molecule has 9 nitrogen and oxygen atoms in total. The van der Waals surface area contributed by atoms with Gasteiger partial charge in [0.05, 0.1) is 19.9 Å². The van der Waals surface area contributed by atoms with Crippen LogP contribution in [-0.4, -0.2) is 39.2 Å². The number of aromatic nitrogens is 4. The van der Waals surface area contributed by atoms with Crippen molar-refractivity contribution in [2.45, 2.75) is 0 Å². The van der Waals surface area contributed by atoms with Gasteiger partial charge in [-0.15, -0.1) is 0 Å². The van der Waals surface area contributed by atoms with E-state index in [0.29, 0.717) is 22.7 Å². The van der Waals surface area contributed by atoms with Gasteiger partial charge in [-0.3, -0.25) is 9.36 Å². The van der Waals surface area contributed by atoms with Crippen molar-refractivity contribution in [1.82, 2.24) is 19.1 Å². The highest BCUT2D eigenvalue weighted by atomic mass is 16.5. The van der Waals surface area contributed by atoms with Gasteiger partial charge < -0.3 is 15.2 Å².